The van der Waals surface area contributed by atoms with Gasteiger partial charge < -0.3 is 0 Å². The summed E-state index contributed by atoms with van der Waals surface area (Å²) < 4.78 is 35.2. The molecule has 0 nitrogen and oxygen atoms in total. The summed E-state index contributed by atoms with van der Waals surface area (Å²) in [6.07, 6.45) is 0.782. The van der Waals surface area contributed by atoms with Crippen LogP contribution in [0.1, 0.15) is 0 Å². The van der Waals surface area contributed by atoms with E-state index >= 15 is 0 Å². The van der Waals surface area contributed by atoms with E-state index in [0.29, 0.717) is 11.2 Å². The summed E-state index contributed by atoms with van der Waals surface area (Å²) in [7, 11) is 0. The standard InChI is InChI=1S/C3BF3S/c5-1-2(6)4-8-3(1)7. The van der Waals surface area contributed by atoms with E-state index in [9.17, 15) is 13.2 Å². The zero-order valence-corrected chi connectivity index (χ0v) is 4.44. The van der Waals surface area contributed by atoms with Gasteiger partial charge in [-0.05, 0) is 0 Å². The van der Waals surface area contributed by atoms with E-state index in [-0.39, 0.29) is 0 Å². The number of hydrogen-bond donors (Lipinski definition) is 0. The van der Waals surface area contributed by atoms with Crippen LogP contribution in [0.3, 0.4) is 0 Å². The molecular formula is C3BF3S. The van der Waals surface area contributed by atoms with Crippen molar-refractivity contribution in [3.63, 3.8) is 0 Å². The molecule has 0 saturated carbocycles. The van der Waals surface area contributed by atoms with Crippen molar-refractivity contribution >= 4 is 17.4 Å². The van der Waals surface area contributed by atoms with E-state index in [1.165, 1.54) is 0 Å². The van der Waals surface area contributed by atoms with Crippen LogP contribution in [0.4, 0.5) is 13.2 Å². The number of rotatable bonds is 0. The Morgan fingerprint density at radius 3 is 2.00 bits per heavy atom. The summed E-state index contributed by atoms with van der Waals surface area (Å²) in [5.41, 5.74) is -1.12. The van der Waals surface area contributed by atoms with Gasteiger partial charge in [-0.15, -0.1) is 0 Å². The average Bonchev–Trinajstić information content (AvgIpc) is 1.98. The first-order chi connectivity index (χ1) is 3.72. The van der Waals surface area contributed by atoms with Gasteiger partial charge in [-0.3, -0.25) is 0 Å². The van der Waals surface area contributed by atoms with Crippen LogP contribution < -0.4 is 0 Å². The van der Waals surface area contributed by atoms with Crippen LogP contribution in [0.5, 0.6) is 0 Å². The van der Waals surface area contributed by atoms with Crippen molar-refractivity contribution in [2.75, 3.05) is 0 Å². The average molecular weight is 136 g/mol. The van der Waals surface area contributed by atoms with E-state index in [4.69, 9.17) is 0 Å². The van der Waals surface area contributed by atoms with Gasteiger partial charge >= 0.3 is 47.2 Å². The van der Waals surface area contributed by atoms with E-state index < -0.39 is 16.7 Å². The summed E-state index contributed by atoms with van der Waals surface area (Å²) in [5.74, 6) is -1.38. The molecule has 0 radical (unpaired) electrons. The van der Waals surface area contributed by atoms with E-state index in [2.05, 4.69) is 0 Å². The number of halogens is 3. The Labute approximate surface area is 48.1 Å². The van der Waals surface area contributed by atoms with Crippen molar-refractivity contribution < 1.29 is 13.2 Å². The SMILES string of the molecule is Fc1bsc(F)c1F. The van der Waals surface area contributed by atoms with E-state index in [0.717, 1.165) is 6.17 Å². The predicted molar refractivity (Wildman–Crippen MR) is 25.5 cm³/mol. The van der Waals surface area contributed by atoms with Crippen LogP contribution in [0, 0.1) is 16.7 Å². The summed E-state index contributed by atoms with van der Waals surface area (Å²) in [4.78, 5) is 0. The predicted octanol–water partition coefficient (Wildman–Crippen LogP) is 1.50. The van der Waals surface area contributed by atoms with Gasteiger partial charge in [-0.25, -0.2) is 0 Å². The minimum absolute atomic E-state index is 0.414. The molecule has 0 aliphatic rings. The van der Waals surface area contributed by atoms with Gasteiger partial charge in [0.25, 0.3) is 0 Å². The van der Waals surface area contributed by atoms with Gasteiger partial charge in [0.05, 0.1) is 0 Å². The molecule has 0 bridgehead atoms. The fourth-order valence-corrected chi connectivity index (χ4v) is 0.812. The Morgan fingerprint density at radius 2 is 1.88 bits per heavy atom. The fraction of sp³-hybridized carbons (Fsp3) is 0. The molecule has 0 N–H and O–H groups in total. The summed E-state index contributed by atoms with van der Waals surface area (Å²) in [5, 5.41) is -1.09. The van der Waals surface area contributed by atoms with Crippen molar-refractivity contribution in [3.8, 4) is 0 Å². The van der Waals surface area contributed by atoms with Gasteiger partial charge in [0.15, 0.2) is 0 Å². The first-order valence-electron chi connectivity index (χ1n) is 1.80. The van der Waals surface area contributed by atoms with Crippen LogP contribution in [-0.2, 0) is 0 Å². The minimum atomic E-state index is -1.38. The molecule has 1 aromatic heterocycles. The Bertz CT molecular complexity index is 177. The van der Waals surface area contributed by atoms with Crippen LogP contribution >= 0.6 is 11.2 Å². The van der Waals surface area contributed by atoms with Crippen molar-refractivity contribution in [2.24, 2.45) is 0 Å². The molecule has 1 heterocycles. The molecule has 0 fully saturated rings. The topological polar surface area (TPSA) is 0 Å². The van der Waals surface area contributed by atoms with Gasteiger partial charge in [0.2, 0.25) is 0 Å². The molecular weight excluding hydrogens is 136 g/mol. The van der Waals surface area contributed by atoms with E-state index in [1.807, 2.05) is 0 Å². The molecule has 0 amide bonds. The molecule has 0 saturated heterocycles. The van der Waals surface area contributed by atoms with Crippen molar-refractivity contribution in [3.05, 3.63) is 16.7 Å². The van der Waals surface area contributed by atoms with Crippen LogP contribution in [0.15, 0.2) is 0 Å². The third-order valence-electron chi connectivity index (χ3n) is 0.648. The molecule has 0 aromatic carbocycles. The maximum absolute atomic E-state index is 11.8. The Kier molecular flexibility index (Phi) is 1.38. The van der Waals surface area contributed by atoms with Gasteiger partial charge in [-0.2, -0.15) is 0 Å². The monoisotopic (exact) mass is 136 g/mol. The normalized spacial score (nSPS) is 9.38. The molecule has 5 heteroatoms. The zero-order valence-electron chi connectivity index (χ0n) is 3.62. The molecule has 42 valence electrons. The van der Waals surface area contributed by atoms with Crippen LogP contribution in [0.25, 0.3) is 0 Å². The second-order valence-corrected chi connectivity index (χ2v) is 2.00. The Balaban J connectivity index is 3.19. The van der Waals surface area contributed by atoms with Crippen LogP contribution in [-0.4, -0.2) is 6.17 Å². The number of hydrogen-bond acceptors (Lipinski definition) is 1. The molecule has 0 spiro atoms. The third kappa shape index (κ3) is 0.775. The second-order valence-electron chi connectivity index (χ2n) is 1.17. The third-order valence-corrected chi connectivity index (χ3v) is 1.36. The molecule has 1 rings (SSSR count). The molecule has 8 heavy (non-hydrogen) atoms. The fourth-order valence-electron chi connectivity index (χ4n) is 0.301. The molecule has 0 unspecified atom stereocenters. The second kappa shape index (κ2) is 1.89. The molecule has 0 atom stereocenters. The molecule has 0 aliphatic heterocycles. The summed E-state index contributed by atoms with van der Waals surface area (Å²) >= 11 is 0.414. The first kappa shape index (κ1) is 5.82. The van der Waals surface area contributed by atoms with Gasteiger partial charge in [0.1, 0.15) is 0 Å². The van der Waals surface area contributed by atoms with Crippen LogP contribution in [0.2, 0.25) is 0 Å². The zero-order chi connectivity index (χ0) is 6.15. The maximum atomic E-state index is 11.8. The van der Waals surface area contributed by atoms with Gasteiger partial charge in [0, 0.05) is 0 Å². The van der Waals surface area contributed by atoms with Gasteiger partial charge in [-0.1, -0.05) is 0 Å². The molecule has 1 aromatic rings. The summed E-state index contributed by atoms with van der Waals surface area (Å²) in [6.45, 7) is 0. The van der Waals surface area contributed by atoms with Crippen molar-refractivity contribution in [1.82, 2.24) is 0 Å². The summed E-state index contributed by atoms with van der Waals surface area (Å²) in [6, 6.07) is 0. The Hall–Kier alpha value is -0.315. The van der Waals surface area contributed by atoms with Crippen molar-refractivity contribution in [2.45, 2.75) is 0 Å². The quantitative estimate of drug-likeness (QED) is 0.506. The first-order valence-corrected chi connectivity index (χ1v) is 2.68. The Morgan fingerprint density at radius 1 is 1.25 bits per heavy atom. The van der Waals surface area contributed by atoms with Crippen molar-refractivity contribution in [1.29, 1.82) is 0 Å². The molecule has 0 aliphatic carbocycles. The van der Waals surface area contributed by atoms with E-state index in [1.54, 1.807) is 0 Å².